The molecule has 12 nitrogen and oxygen atoms in total. The van der Waals surface area contributed by atoms with Gasteiger partial charge in [0.25, 0.3) is 6.47 Å². The van der Waals surface area contributed by atoms with Gasteiger partial charge in [-0.25, -0.2) is 0 Å². The average molecular weight is 639 g/mol. The van der Waals surface area contributed by atoms with E-state index in [1.807, 2.05) is 18.2 Å². The van der Waals surface area contributed by atoms with Crippen LogP contribution in [0.15, 0.2) is 47.3 Å². The minimum absolute atomic E-state index is 0.0567. The molecule has 43 heavy (non-hydrogen) atoms. The van der Waals surface area contributed by atoms with Gasteiger partial charge in [0.2, 0.25) is 18.1 Å². The van der Waals surface area contributed by atoms with Crippen molar-refractivity contribution in [1.82, 2.24) is 9.88 Å². The smallest absolute Gasteiger partial charge is 0.295 e. The highest BCUT2D eigenvalue weighted by atomic mass is 35.5. The van der Waals surface area contributed by atoms with Gasteiger partial charge in [0, 0.05) is 38.3 Å². The predicted octanol–water partition coefficient (Wildman–Crippen LogP) is 2.13. The third-order valence-corrected chi connectivity index (χ3v) is 8.39. The number of ether oxygens (including phenoxy) is 4. The summed E-state index contributed by atoms with van der Waals surface area (Å²) in [5.74, 6) is 0.815. The summed E-state index contributed by atoms with van der Waals surface area (Å²) in [5, 5.41) is 31.6. The van der Waals surface area contributed by atoms with Crippen LogP contribution >= 0.6 is 23.2 Å². The van der Waals surface area contributed by atoms with Crippen LogP contribution in [0.1, 0.15) is 12.8 Å². The Morgan fingerprint density at radius 2 is 1.67 bits per heavy atom. The number of aliphatic hydroxyl groups is 3. The van der Waals surface area contributed by atoms with E-state index in [2.05, 4.69) is 19.5 Å². The number of aromatic nitrogens is 1. The Morgan fingerprint density at radius 3 is 2.44 bits per heavy atom. The number of piperazine rings is 1. The molecular weight excluding hydrogens is 605 g/mol. The number of anilines is 1. The van der Waals surface area contributed by atoms with E-state index in [1.165, 1.54) is 6.07 Å². The monoisotopic (exact) mass is 637 g/mol. The second-order valence-corrected chi connectivity index (χ2v) is 11.1. The van der Waals surface area contributed by atoms with Crippen LogP contribution in [-0.2, 0) is 14.3 Å². The first-order valence-corrected chi connectivity index (χ1v) is 14.7. The van der Waals surface area contributed by atoms with E-state index in [1.54, 1.807) is 18.2 Å². The number of aliphatic hydroxyl groups excluding tert-OH is 3. The highest BCUT2D eigenvalue weighted by molar-refractivity contribution is 6.44. The normalized spacial score (nSPS) is 24.6. The van der Waals surface area contributed by atoms with Gasteiger partial charge in [-0.3, -0.25) is 19.2 Å². The topological polar surface area (TPSA) is 154 Å². The van der Waals surface area contributed by atoms with Crippen molar-refractivity contribution >= 4 is 46.3 Å². The number of hydrogen-bond donors (Lipinski definition) is 4. The second kappa shape index (κ2) is 14.1. The van der Waals surface area contributed by atoms with Gasteiger partial charge in [0.05, 0.1) is 22.8 Å². The van der Waals surface area contributed by atoms with Crippen molar-refractivity contribution < 1.29 is 39.1 Å². The molecule has 5 rings (SSSR count). The summed E-state index contributed by atoms with van der Waals surface area (Å²) in [6.45, 7) is 4.72. The third-order valence-electron chi connectivity index (χ3n) is 7.53. The van der Waals surface area contributed by atoms with E-state index in [-0.39, 0.29) is 27.8 Å². The number of rotatable bonds is 11. The number of hydrogen-bond acceptors (Lipinski definition) is 11. The zero-order chi connectivity index (χ0) is 30.5. The van der Waals surface area contributed by atoms with Crippen LogP contribution in [0.4, 0.5) is 5.69 Å². The molecule has 2 aliphatic rings. The first kappa shape index (κ1) is 31.3. The zero-order valence-electron chi connectivity index (χ0n) is 23.1. The van der Waals surface area contributed by atoms with E-state index < -0.39 is 30.9 Å². The number of carbonyl (C=O) groups is 1. The summed E-state index contributed by atoms with van der Waals surface area (Å²) in [6, 6.07) is 12.3. The predicted molar refractivity (Wildman–Crippen MR) is 159 cm³/mol. The van der Waals surface area contributed by atoms with Crippen molar-refractivity contribution in [1.29, 1.82) is 0 Å². The van der Waals surface area contributed by atoms with Gasteiger partial charge in [0.1, 0.15) is 34.8 Å². The molecule has 0 spiro atoms. The zero-order valence-corrected chi connectivity index (χ0v) is 24.6. The molecule has 4 N–H and O–H groups in total. The van der Waals surface area contributed by atoms with Crippen molar-refractivity contribution in [3.63, 3.8) is 0 Å². The molecule has 3 heterocycles. The van der Waals surface area contributed by atoms with E-state index in [0.717, 1.165) is 67.9 Å². The number of carbonyl (C=O) groups excluding carboxylic acids is 1. The fraction of sp³-hybridized carbons (Fsp3) is 0.448. The molecule has 14 heteroatoms. The van der Waals surface area contributed by atoms with Crippen molar-refractivity contribution in [2.24, 2.45) is 0 Å². The molecule has 0 saturated carbocycles. The molecule has 0 radical (unpaired) electrons. The number of halogens is 2. The SMILES string of the molecule is O=COC1OC(Oc2ccc(N3CCN(CCCCOc4ccc5ccc(=O)[nH]c5c4)CC3)c(Cl)c2Cl)C(O)C(O)C1O. The number of aromatic amines is 1. The number of pyridine rings is 1. The number of nitrogens with zero attached hydrogens (tertiary/aromatic N) is 2. The van der Waals surface area contributed by atoms with Gasteiger partial charge in [-0.05, 0) is 55.1 Å². The quantitative estimate of drug-likeness (QED) is 0.181. The van der Waals surface area contributed by atoms with Crippen LogP contribution in [0, 0.1) is 0 Å². The summed E-state index contributed by atoms with van der Waals surface area (Å²) in [7, 11) is 0. The Labute approximate surface area is 257 Å². The first-order valence-electron chi connectivity index (χ1n) is 13.9. The summed E-state index contributed by atoms with van der Waals surface area (Å²) >= 11 is 13.1. The lowest BCUT2D eigenvalue weighted by molar-refractivity contribution is -0.321. The first-order chi connectivity index (χ1) is 20.7. The van der Waals surface area contributed by atoms with Crippen molar-refractivity contribution in [2.75, 3.05) is 44.2 Å². The standard InChI is InChI=1S/C29H33Cl2N3O9/c30-23-20(6-7-21(24(23)31)42-29-27(39)25(37)26(38)28(43-29)41-16-35)34-12-10-33(11-13-34)9-1-2-14-40-18-5-3-17-4-8-22(36)32-19(17)15-18/h3-8,15-16,25-29,37-39H,1-2,9-14H2,(H,32,36). The summed E-state index contributed by atoms with van der Waals surface area (Å²) < 4.78 is 21.4. The fourth-order valence-electron chi connectivity index (χ4n) is 5.12. The van der Waals surface area contributed by atoms with E-state index >= 15 is 0 Å². The minimum atomic E-state index is -1.68. The Bertz CT molecular complexity index is 1470. The Morgan fingerprint density at radius 1 is 0.930 bits per heavy atom. The van der Waals surface area contributed by atoms with Crippen LogP contribution in [0.3, 0.4) is 0 Å². The van der Waals surface area contributed by atoms with Gasteiger partial charge >= 0.3 is 0 Å². The lowest BCUT2D eigenvalue weighted by atomic mass is 10.0. The highest BCUT2D eigenvalue weighted by Crippen LogP contribution is 2.40. The van der Waals surface area contributed by atoms with Crippen LogP contribution in [0.5, 0.6) is 11.5 Å². The van der Waals surface area contributed by atoms with Crippen molar-refractivity contribution in [3.8, 4) is 11.5 Å². The maximum Gasteiger partial charge on any atom is 0.295 e. The van der Waals surface area contributed by atoms with E-state index in [4.69, 9.17) is 37.4 Å². The number of nitrogens with one attached hydrogen (secondary N) is 1. The van der Waals surface area contributed by atoms with Gasteiger partial charge in [0.15, 0.2) is 0 Å². The van der Waals surface area contributed by atoms with E-state index in [0.29, 0.717) is 6.61 Å². The number of fused-ring (bicyclic) bond motifs is 1. The van der Waals surface area contributed by atoms with Gasteiger partial charge in [-0.15, -0.1) is 0 Å². The van der Waals surface area contributed by atoms with Crippen LogP contribution in [0.2, 0.25) is 10.0 Å². The molecule has 3 aromatic rings. The maximum atomic E-state index is 11.6. The van der Waals surface area contributed by atoms with Crippen molar-refractivity contribution in [2.45, 2.75) is 43.7 Å². The van der Waals surface area contributed by atoms with Crippen LogP contribution in [-0.4, -0.2) is 102 Å². The summed E-state index contributed by atoms with van der Waals surface area (Å²) in [5.41, 5.74) is 1.34. The van der Waals surface area contributed by atoms with Crippen molar-refractivity contribution in [3.05, 3.63) is 62.9 Å². The Balaban J connectivity index is 1.08. The third kappa shape index (κ3) is 7.35. The Hall–Kier alpha value is -3.10. The van der Waals surface area contributed by atoms with Crippen LogP contribution in [0.25, 0.3) is 10.9 Å². The lowest BCUT2D eigenvalue weighted by Gasteiger charge is -2.39. The molecule has 2 aliphatic heterocycles. The lowest BCUT2D eigenvalue weighted by Crippen LogP contribution is -2.59. The Kier molecular flexibility index (Phi) is 10.3. The van der Waals surface area contributed by atoms with Gasteiger partial charge in [-0.1, -0.05) is 23.2 Å². The molecule has 232 valence electrons. The van der Waals surface area contributed by atoms with Gasteiger partial charge in [-0.2, -0.15) is 0 Å². The highest BCUT2D eigenvalue weighted by Gasteiger charge is 2.46. The minimum Gasteiger partial charge on any atom is -0.494 e. The number of benzene rings is 2. The second-order valence-electron chi connectivity index (χ2n) is 10.4. The number of unbranched alkanes of at least 4 members (excludes halogenated alkanes) is 1. The molecule has 2 saturated heterocycles. The molecule has 2 fully saturated rings. The molecule has 1 aromatic heterocycles. The van der Waals surface area contributed by atoms with Gasteiger partial charge < -0.3 is 39.4 Å². The molecule has 2 aromatic carbocycles. The largest absolute Gasteiger partial charge is 0.494 e. The molecule has 0 aliphatic carbocycles. The molecule has 0 bridgehead atoms. The maximum absolute atomic E-state index is 11.6. The van der Waals surface area contributed by atoms with Crippen LogP contribution < -0.4 is 19.9 Å². The molecule has 5 unspecified atom stereocenters. The summed E-state index contributed by atoms with van der Waals surface area (Å²) in [6.07, 6.45) is -6.12. The van der Waals surface area contributed by atoms with E-state index in [9.17, 15) is 24.9 Å². The summed E-state index contributed by atoms with van der Waals surface area (Å²) in [4.78, 5) is 29.6. The number of H-pyrrole nitrogens is 1. The molecular formula is C29H33Cl2N3O9. The fourth-order valence-corrected chi connectivity index (χ4v) is 5.60. The molecule has 0 amide bonds. The molecule has 5 atom stereocenters. The average Bonchev–Trinajstić information content (AvgIpc) is 3.01.